The van der Waals surface area contributed by atoms with Gasteiger partial charge in [-0.05, 0) is 31.0 Å². The average molecular weight is 173 g/mol. The molecule has 1 aliphatic heterocycles. The molecule has 0 amide bonds. The molecular weight excluding hydrogens is 162 g/mol. The van der Waals surface area contributed by atoms with E-state index < -0.39 is 0 Å². The fourth-order valence-corrected chi connectivity index (χ4v) is 1.72. The van der Waals surface area contributed by atoms with Gasteiger partial charge in [-0.15, -0.1) is 0 Å². The van der Waals surface area contributed by atoms with Gasteiger partial charge in [0.05, 0.1) is 11.3 Å². The molecule has 0 bridgehead atoms. The monoisotopic (exact) mass is 173 g/mol. The molecule has 0 aliphatic carbocycles. The summed E-state index contributed by atoms with van der Waals surface area (Å²) in [5, 5.41) is 12.2. The maximum absolute atomic E-state index is 8.96. The molecule has 1 aromatic rings. The SMILES string of the molecule is Cc1ncc2c(c1C#N)CCNC2. The molecule has 2 rings (SSSR count). The third-order valence-corrected chi connectivity index (χ3v) is 2.44. The van der Waals surface area contributed by atoms with E-state index in [1.807, 2.05) is 13.1 Å². The number of pyridine rings is 1. The maximum atomic E-state index is 8.96. The van der Waals surface area contributed by atoms with E-state index in [1.165, 1.54) is 11.1 Å². The van der Waals surface area contributed by atoms with Crippen molar-refractivity contribution in [3.63, 3.8) is 0 Å². The summed E-state index contributed by atoms with van der Waals surface area (Å²) < 4.78 is 0. The minimum Gasteiger partial charge on any atom is -0.312 e. The van der Waals surface area contributed by atoms with Gasteiger partial charge in [-0.25, -0.2) is 0 Å². The highest BCUT2D eigenvalue weighted by Gasteiger charge is 2.14. The number of fused-ring (bicyclic) bond motifs is 1. The molecule has 1 aromatic heterocycles. The van der Waals surface area contributed by atoms with Crippen LogP contribution < -0.4 is 5.32 Å². The first-order valence-corrected chi connectivity index (χ1v) is 4.41. The molecule has 0 unspecified atom stereocenters. The van der Waals surface area contributed by atoms with E-state index in [0.29, 0.717) is 0 Å². The summed E-state index contributed by atoms with van der Waals surface area (Å²) in [5.74, 6) is 0. The fourth-order valence-electron chi connectivity index (χ4n) is 1.72. The van der Waals surface area contributed by atoms with Crippen LogP contribution in [-0.2, 0) is 13.0 Å². The Morgan fingerprint density at radius 2 is 2.46 bits per heavy atom. The van der Waals surface area contributed by atoms with Crippen LogP contribution in [-0.4, -0.2) is 11.5 Å². The molecule has 0 atom stereocenters. The molecule has 0 spiro atoms. The second kappa shape index (κ2) is 3.15. The van der Waals surface area contributed by atoms with Crippen molar-refractivity contribution in [2.75, 3.05) is 6.54 Å². The van der Waals surface area contributed by atoms with E-state index in [-0.39, 0.29) is 0 Å². The molecule has 0 fully saturated rings. The molecule has 3 nitrogen and oxygen atoms in total. The van der Waals surface area contributed by atoms with Crippen molar-refractivity contribution < 1.29 is 0 Å². The Kier molecular flexibility index (Phi) is 1.99. The Balaban J connectivity index is 2.60. The number of rotatable bonds is 0. The van der Waals surface area contributed by atoms with Crippen LogP contribution in [0.3, 0.4) is 0 Å². The van der Waals surface area contributed by atoms with Gasteiger partial charge in [-0.3, -0.25) is 4.98 Å². The lowest BCUT2D eigenvalue weighted by atomic mass is 9.97. The fraction of sp³-hybridized carbons (Fsp3) is 0.400. The highest BCUT2D eigenvalue weighted by molar-refractivity contribution is 5.45. The summed E-state index contributed by atoms with van der Waals surface area (Å²) >= 11 is 0. The number of aromatic nitrogens is 1. The molecule has 1 N–H and O–H groups in total. The van der Waals surface area contributed by atoms with Gasteiger partial charge in [0.1, 0.15) is 6.07 Å². The number of nitriles is 1. The predicted molar refractivity (Wildman–Crippen MR) is 49.1 cm³/mol. The third kappa shape index (κ3) is 1.30. The van der Waals surface area contributed by atoms with Gasteiger partial charge < -0.3 is 5.32 Å². The number of hydrogen-bond donors (Lipinski definition) is 1. The van der Waals surface area contributed by atoms with E-state index >= 15 is 0 Å². The van der Waals surface area contributed by atoms with Crippen LogP contribution in [0.5, 0.6) is 0 Å². The third-order valence-electron chi connectivity index (χ3n) is 2.44. The van der Waals surface area contributed by atoms with Crippen molar-refractivity contribution in [2.45, 2.75) is 19.9 Å². The second-order valence-corrected chi connectivity index (χ2v) is 3.26. The van der Waals surface area contributed by atoms with Gasteiger partial charge in [-0.2, -0.15) is 5.26 Å². The first-order valence-electron chi connectivity index (χ1n) is 4.41. The molecule has 0 saturated carbocycles. The van der Waals surface area contributed by atoms with Crippen molar-refractivity contribution >= 4 is 0 Å². The number of nitrogens with zero attached hydrogens (tertiary/aromatic N) is 2. The Bertz CT molecular complexity index is 376. The van der Waals surface area contributed by atoms with Gasteiger partial charge in [0.25, 0.3) is 0 Å². The van der Waals surface area contributed by atoms with Crippen LogP contribution in [0.15, 0.2) is 6.20 Å². The van der Waals surface area contributed by atoms with E-state index in [9.17, 15) is 0 Å². The first kappa shape index (κ1) is 8.21. The summed E-state index contributed by atoms with van der Waals surface area (Å²) in [6.07, 6.45) is 2.82. The minimum absolute atomic E-state index is 0.777. The number of hydrogen-bond acceptors (Lipinski definition) is 3. The highest BCUT2D eigenvalue weighted by Crippen LogP contribution is 2.18. The molecule has 0 aromatic carbocycles. The smallest absolute Gasteiger partial charge is 0.101 e. The molecule has 2 heterocycles. The van der Waals surface area contributed by atoms with Gasteiger partial charge in [0.15, 0.2) is 0 Å². The van der Waals surface area contributed by atoms with Crippen LogP contribution in [0.2, 0.25) is 0 Å². The molecular formula is C10H11N3. The van der Waals surface area contributed by atoms with E-state index in [2.05, 4.69) is 16.4 Å². The number of aryl methyl sites for hydroxylation is 1. The standard InChI is InChI=1S/C10H11N3/c1-7-10(4-11)9-2-3-12-5-8(9)6-13-7/h6,12H,2-3,5H2,1H3. The van der Waals surface area contributed by atoms with Gasteiger partial charge in [0.2, 0.25) is 0 Å². The quantitative estimate of drug-likeness (QED) is 0.634. The number of nitrogens with one attached hydrogen (secondary N) is 1. The minimum atomic E-state index is 0.777. The summed E-state index contributed by atoms with van der Waals surface area (Å²) in [5.41, 5.74) is 3.99. The van der Waals surface area contributed by atoms with E-state index in [1.54, 1.807) is 0 Å². The topological polar surface area (TPSA) is 48.7 Å². The summed E-state index contributed by atoms with van der Waals surface area (Å²) in [4.78, 5) is 4.20. The van der Waals surface area contributed by atoms with Gasteiger partial charge in [-0.1, -0.05) is 0 Å². The maximum Gasteiger partial charge on any atom is 0.101 e. The normalized spacial score (nSPS) is 14.8. The van der Waals surface area contributed by atoms with Crippen LogP contribution in [0.25, 0.3) is 0 Å². The average Bonchev–Trinajstić information content (AvgIpc) is 2.18. The summed E-state index contributed by atoms with van der Waals surface area (Å²) in [7, 11) is 0. The molecule has 66 valence electrons. The molecule has 0 radical (unpaired) electrons. The lowest BCUT2D eigenvalue weighted by molar-refractivity contribution is 0.638. The lowest BCUT2D eigenvalue weighted by Crippen LogP contribution is -2.25. The van der Waals surface area contributed by atoms with Crippen molar-refractivity contribution in [3.8, 4) is 6.07 Å². The first-order chi connectivity index (χ1) is 6.33. The van der Waals surface area contributed by atoms with Crippen molar-refractivity contribution in [2.24, 2.45) is 0 Å². The van der Waals surface area contributed by atoms with E-state index in [4.69, 9.17) is 5.26 Å². The second-order valence-electron chi connectivity index (χ2n) is 3.26. The summed E-state index contributed by atoms with van der Waals surface area (Å²) in [6.45, 7) is 3.70. The Morgan fingerprint density at radius 1 is 1.62 bits per heavy atom. The van der Waals surface area contributed by atoms with Crippen LogP contribution in [0.1, 0.15) is 22.4 Å². The van der Waals surface area contributed by atoms with Crippen LogP contribution in [0.4, 0.5) is 0 Å². The van der Waals surface area contributed by atoms with Crippen molar-refractivity contribution in [3.05, 3.63) is 28.6 Å². The van der Waals surface area contributed by atoms with Crippen molar-refractivity contribution in [1.82, 2.24) is 10.3 Å². The van der Waals surface area contributed by atoms with Crippen LogP contribution in [0, 0.1) is 18.3 Å². The zero-order valence-corrected chi connectivity index (χ0v) is 7.59. The zero-order chi connectivity index (χ0) is 9.26. The van der Waals surface area contributed by atoms with Crippen LogP contribution >= 0.6 is 0 Å². The van der Waals surface area contributed by atoms with E-state index in [0.717, 1.165) is 30.8 Å². The molecule has 1 aliphatic rings. The molecule has 3 heteroatoms. The lowest BCUT2D eigenvalue weighted by Gasteiger charge is -2.18. The Labute approximate surface area is 77.4 Å². The largest absolute Gasteiger partial charge is 0.312 e. The summed E-state index contributed by atoms with van der Waals surface area (Å²) in [6, 6.07) is 2.23. The zero-order valence-electron chi connectivity index (χ0n) is 7.59. The molecule has 13 heavy (non-hydrogen) atoms. The van der Waals surface area contributed by atoms with Crippen molar-refractivity contribution in [1.29, 1.82) is 5.26 Å². The molecule has 0 saturated heterocycles. The highest BCUT2D eigenvalue weighted by atomic mass is 14.9. The predicted octanol–water partition coefficient (Wildman–Crippen LogP) is 0.907. The Morgan fingerprint density at radius 3 is 3.23 bits per heavy atom. The Hall–Kier alpha value is -1.40. The van der Waals surface area contributed by atoms with Gasteiger partial charge in [0, 0.05) is 12.7 Å². The van der Waals surface area contributed by atoms with Gasteiger partial charge >= 0.3 is 0 Å².